The average molecular weight is 325 g/mol. The van der Waals surface area contributed by atoms with Crippen molar-refractivity contribution in [3.05, 3.63) is 29.3 Å². The highest BCUT2D eigenvalue weighted by Gasteiger charge is 2.30. The monoisotopic (exact) mass is 324 g/mol. The van der Waals surface area contributed by atoms with Crippen LogP contribution in [0.2, 0.25) is 5.02 Å². The Labute approximate surface area is 122 Å². The number of ether oxygens (including phenoxy) is 1. The molecule has 0 spiro atoms. The molecule has 1 aromatic carbocycles. The van der Waals surface area contributed by atoms with Gasteiger partial charge in [0.15, 0.2) is 0 Å². The molecule has 7 heteroatoms. The van der Waals surface area contributed by atoms with Gasteiger partial charge in [-0.2, -0.15) is 0 Å². The highest BCUT2D eigenvalue weighted by molar-refractivity contribution is 7.67. The Bertz CT molecular complexity index is 461. The van der Waals surface area contributed by atoms with E-state index in [4.69, 9.17) is 32.5 Å². The predicted molar refractivity (Wildman–Crippen MR) is 76.9 cm³/mol. The Hall–Kier alpha value is -0.540. The van der Waals surface area contributed by atoms with Gasteiger partial charge in [-0.3, -0.25) is 9.36 Å². The highest BCUT2D eigenvalue weighted by atomic mass is 35.5. The van der Waals surface area contributed by atoms with Gasteiger partial charge in [-0.1, -0.05) is 11.6 Å². The summed E-state index contributed by atoms with van der Waals surface area (Å²) in [5.41, 5.74) is 0. The lowest BCUT2D eigenvalue weighted by Gasteiger charge is -2.17. The summed E-state index contributed by atoms with van der Waals surface area (Å²) >= 11 is 11.3. The second kappa shape index (κ2) is 7.91. The van der Waals surface area contributed by atoms with Gasteiger partial charge in [0, 0.05) is 16.2 Å². The van der Waals surface area contributed by atoms with Crippen molar-refractivity contribution < 1.29 is 18.6 Å². The standard InChI is InChI=1S/C12H15Cl2O4P/c1-2-17-12(15)9-19(16,18-8-7-13)11-5-3-10(14)4-6-11/h3-6H,2,7-9H2,1H3. The Morgan fingerprint density at radius 2 is 1.95 bits per heavy atom. The van der Waals surface area contributed by atoms with Gasteiger partial charge in [0.25, 0.3) is 0 Å². The fourth-order valence-corrected chi connectivity index (χ4v) is 3.59. The molecule has 0 fully saturated rings. The zero-order valence-electron chi connectivity index (χ0n) is 10.5. The molecule has 0 aliphatic rings. The van der Waals surface area contributed by atoms with Gasteiger partial charge in [0.2, 0.25) is 7.37 Å². The summed E-state index contributed by atoms with van der Waals surface area (Å²) in [6, 6.07) is 6.35. The molecule has 0 aromatic heterocycles. The quantitative estimate of drug-likeness (QED) is 0.439. The first-order valence-electron chi connectivity index (χ1n) is 5.73. The van der Waals surface area contributed by atoms with Crippen molar-refractivity contribution in [2.24, 2.45) is 0 Å². The largest absolute Gasteiger partial charge is 0.466 e. The van der Waals surface area contributed by atoms with Gasteiger partial charge in [-0.25, -0.2) is 0 Å². The minimum atomic E-state index is -3.31. The Kier molecular flexibility index (Phi) is 6.87. The SMILES string of the molecule is CCOC(=O)CP(=O)(OCCCl)c1ccc(Cl)cc1. The van der Waals surface area contributed by atoms with Crippen LogP contribution in [0.4, 0.5) is 0 Å². The first-order chi connectivity index (χ1) is 9.01. The molecule has 0 amide bonds. The number of alkyl halides is 1. The van der Waals surface area contributed by atoms with Gasteiger partial charge < -0.3 is 9.26 Å². The summed E-state index contributed by atoms with van der Waals surface area (Å²) in [6.07, 6.45) is -0.306. The van der Waals surface area contributed by atoms with Crippen molar-refractivity contribution in [3.63, 3.8) is 0 Å². The minimum absolute atomic E-state index is 0.0981. The average Bonchev–Trinajstić information content (AvgIpc) is 2.37. The Morgan fingerprint density at radius 3 is 2.47 bits per heavy atom. The molecule has 19 heavy (non-hydrogen) atoms. The van der Waals surface area contributed by atoms with Gasteiger partial charge in [-0.15, -0.1) is 11.6 Å². The van der Waals surface area contributed by atoms with E-state index in [1.54, 1.807) is 31.2 Å². The third-order valence-electron chi connectivity index (χ3n) is 2.24. The molecule has 0 saturated carbocycles. The van der Waals surface area contributed by atoms with Crippen LogP contribution in [-0.4, -0.2) is 31.2 Å². The zero-order valence-corrected chi connectivity index (χ0v) is 12.9. The molecule has 0 N–H and O–H groups in total. The molecule has 1 unspecified atom stereocenters. The van der Waals surface area contributed by atoms with Crippen LogP contribution in [0.15, 0.2) is 24.3 Å². The molecule has 0 aliphatic heterocycles. The fraction of sp³-hybridized carbons (Fsp3) is 0.417. The number of halogens is 2. The van der Waals surface area contributed by atoms with E-state index in [2.05, 4.69) is 0 Å². The Balaban J connectivity index is 2.94. The zero-order chi connectivity index (χ0) is 14.3. The van der Waals surface area contributed by atoms with Crippen molar-refractivity contribution in [2.75, 3.05) is 25.3 Å². The lowest BCUT2D eigenvalue weighted by atomic mass is 10.4. The van der Waals surface area contributed by atoms with Crippen LogP contribution in [0, 0.1) is 0 Å². The van der Waals surface area contributed by atoms with Crippen LogP contribution >= 0.6 is 30.6 Å². The van der Waals surface area contributed by atoms with E-state index in [1.165, 1.54) is 0 Å². The minimum Gasteiger partial charge on any atom is -0.466 e. The molecule has 0 saturated heterocycles. The molecule has 0 aliphatic carbocycles. The van der Waals surface area contributed by atoms with Crippen molar-refractivity contribution in [2.45, 2.75) is 6.92 Å². The molecule has 4 nitrogen and oxygen atoms in total. The molecular formula is C12H15Cl2O4P. The summed E-state index contributed by atoms with van der Waals surface area (Å²) in [6.45, 7) is 2.01. The van der Waals surface area contributed by atoms with Crippen LogP contribution in [0.5, 0.6) is 0 Å². The number of rotatable bonds is 7. The summed E-state index contributed by atoms with van der Waals surface area (Å²) in [5.74, 6) is -0.365. The number of hydrogen-bond donors (Lipinski definition) is 0. The third-order valence-corrected chi connectivity index (χ3v) is 5.00. The normalized spacial score (nSPS) is 13.8. The lowest BCUT2D eigenvalue weighted by molar-refractivity contribution is -0.140. The van der Waals surface area contributed by atoms with Crippen molar-refractivity contribution >= 4 is 41.8 Å². The molecule has 1 aromatic rings. The van der Waals surface area contributed by atoms with E-state index in [1.807, 2.05) is 0 Å². The van der Waals surface area contributed by atoms with Crippen LogP contribution in [0.1, 0.15) is 6.92 Å². The van der Waals surface area contributed by atoms with Gasteiger partial charge in [0.1, 0.15) is 6.16 Å². The van der Waals surface area contributed by atoms with E-state index in [-0.39, 0.29) is 25.3 Å². The van der Waals surface area contributed by atoms with Crippen molar-refractivity contribution in [3.8, 4) is 0 Å². The summed E-state index contributed by atoms with van der Waals surface area (Å²) < 4.78 is 22.9. The van der Waals surface area contributed by atoms with E-state index in [0.717, 1.165) is 0 Å². The summed E-state index contributed by atoms with van der Waals surface area (Å²) in [7, 11) is -3.31. The van der Waals surface area contributed by atoms with E-state index < -0.39 is 13.3 Å². The van der Waals surface area contributed by atoms with Crippen molar-refractivity contribution in [1.82, 2.24) is 0 Å². The first-order valence-corrected chi connectivity index (χ1v) is 8.45. The molecule has 0 bridgehead atoms. The predicted octanol–water partition coefficient (Wildman–Crippen LogP) is 3.06. The van der Waals surface area contributed by atoms with Crippen LogP contribution in [-0.2, 0) is 18.6 Å². The van der Waals surface area contributed by atoms with Crippen molar-refractivity contribution in [1.29, 1.82) is 0 Å². The molecule has 1 atom stereocenters. The maximum Gasteiger partial charge on any atom is 0.315 e. The topological polar surface area (TPSA) is 52.6 Å². The second-order valence-electron chi connectivity index (χ2n) is 3.64. The number of esters is 1. The smallest absolute Gasteiger partial charge is 0.315 e. The maximum atomic E-state index is 12.7. The molecule has 0 heterocycles. The van der Waals surface area contributed by atoms with Gasteiger partial charge in [-0.05, 0) is 31.2 Å². The second-order valence-corrected chi connectivity index (χ2v) is 6.89. The first kappa shape index (κ1) is 16.5. The van der Waals surface area contributed by atoms with Gasteiger partial charge in [0.05, 0.1) is 13.2 Å². The van der Waals surface area contributed by atoms with Crippen LogP contribution < -0.4 is 5.30 Å². The molecule has 106 valence electrons. The third kappa shape index (κ3) is 5.15. The maximum absolute atomic E-state index is 12.7. The Morgan fingerprint density at radius 1 is 1.32 bits per heavy atom. The highest BCUT2D eigenvalue weighted by Crippen LogP contribution is 2.45. The van der Waals surface area contributed by atoms with E-state index >= 15 is 0 Å². The van der Waals surface area contributed by atoms with Gasteiger partial charge >= 0.3 is 5.97 Å². The summed E-state index contributed by atoms with van der Waals surface area (Å²) in [5, 5.41) is 0.943. The molecule has 0 radical (unpaired) electrons. The van der Waals surface area contributed by atoms with Crippen LogP contribution in [0.25, 0.3) is 0 Å². The van der Waals surface area contributed by atoms with Crippen LogP contribution in [0.3, 0.4) is 0 Å². The lowest BCUT2D eigenvalue weighted by Crippen LogP contribution is -2.18. The molecular weight excluding hydrogens is 310 g/mol. The molecule has 1 rings (SSSR count). The number of carbonyl (C=O) groups is 1. The summed E-state index contributed by atoms with van der Waals surface area (Å²) in [4.78, 5) is 11.5. The number of hydrogen-bond acceptors (Lipinski definition) is 4. The number of carbonyl (C=O) groups excluding carboxylic acids is 1. The van der Waals surface area contributed by atoms with E-state index in [9.17, 15) is 9.36 Å². The fourth-order valence-electron chi connectivity index (χ4n) is 1.44. The van der Waals surface area contributed by atoms with E-state index in [0.29, 0.717) is 10.3 Å². The number of benzene rings is 1.